The predicted molar refractivity (Wildman–Crippen MR) is 93.2 cm³/mol. The van der Waals surface area contributed by atoms with E-state index >= 15 is 0 Å². The zero-order valence-electron chi connectivity index (χ0n) is 14.2. The van der Waals surface area contributed by atoms with E-state index in [-0.39, 0.29) is 23.6 Å². The molecule has 3 aromatic rings. The molecule has 134 valence electrons. The summed E-state index contributed by atoms with van der Waals surface area (Å²) in [7, 11) is 0. The maximum atomic E-state index is 13.2. The van der Waals surface area contributed by atoms with Crippen molar-refractivity contribution < 1.29 is 13.6 Å². The van der Waals surface area contributed by atoms with Crippen molar-refractivity contribution in [1.29, 1.82) is 0 Å². The third-order valence-electron chi connectivity index (χ3n) is 4.23. The van der Waals surface area contributed by atoms with Crippen LogP contribution >= 0.6 is 11.3 Å². The van der Waals surface area contributed by atoms with Crippen molar-refractivity contribution in [3.05, 3.63) is 41.1 Å². The van der Waals surface area contributed by atoms with Gasteiger partial charge in [0, 0.05) is 12.1 Å². The van der Waals surface area contributed by atoms with E-state index in [0.717, 1.165) is 16.3 Å². The Morgan fingerprint density at radius 1 is 1.42 bits per heavy atom. The summed E-state index contributed by atoms with van der Waals surface area (Å²) in [6.45, 7) is 3.60. The second-order valence-electron chi connectivity index (χ2n) is 6.21. The summed E-state index contributed by atoms with van der Waals surface area (Å²) in [5, 5.41) is 8.26. The molecular formula is C17H16FN5O2S. The van der Waals surface area contributed by atoms with E-state index in [4.69, 9.17) is 4.42 Å². The Bertz CT molecular complexity index is 954. The average molecular weight is 373 g/mol. The molecule has 0 saturated carbocycles. The normalized spacial score (nSPS) is 18.0. The van der Waals surface area contributed by atoms with Crippen LogP contribution in [0.5, 0.6) is 0 Å². The van der Waals surface area contributed by atoms with E-state index in [2.05, 4.69) is 20.2 Å². The maximum absolute atomic E-state index is 13.2. The average Bonchev–Trinajstić information content (AvgIpc) is 3.28. The Morgan fingerprint density at radius 2 is 2.27 bits per heavy atom. The highest BCUT2D eigenvalue weighted by Gasteiger charge is 2.30. The number of rotatable bonds is 4. The van der Waals surface area contributed by atoms with Gasteiger partial charge in [-0.3, -0.25) is 9.78 Å². The zero-order valence-corrected chi connectivity index (χ0v) is 15.0. The molecular weight excluding hydrogens is 357 g/mol. The predicted octanol–water partition coefficient (Wildman–Crippen LogP) is 3.34. The monoisotopic (exact) mass is 373 g/mol. The van der Waals surface area contributed by atoms with Gasteiger partial charge in [0.15, 0.2) is 6.17 Å². The Hall–Kier alpha value is -2.68. The smallest absolute Gasteiger partial charge is 0.259 e. The van der Waals surface area contributed by atoms with Crippen LogP contribution in [0.3, 0.4) is 0 Å². The summed E-state index contributed by atoms with van der Waals surface area (Å²) in [6, 6.07) is 1.94. The lowest BCUT2D eigenvalue weighted by molar-refractivity contribution is -0.122. The number of amides is 1. The van der Waals surface area contributed by atoms with Gasteiger partial charge in [0.1, 0.15) is 9.88 Å². The van der Waals surface area contributed by atoms with Crippen LogP contribution < -0.4 is 4.90 Å². The third kappa shape index (κ3) is 2.98. The molecule has 7 nitrogen and oxygen atoms in total. The molecule has 0 aromatic carbocycles. The summed E-state index contributed by atoms with van der Waals surface area (Å²) in [5.41, 5.74) is 1.92. The highest BCUT2D eigenvalue weighted by Crippen LogP contribution is 2.33. The fourth-order valence-corrected chi connectivity index (χ4v) is 3.74. The molecule has 2 unspecified atom stereocenters. The van der Waals surface area contributed by atoms with E-state index in [1.807, 2.05) is 13.0 Å². The second-order valence-corrected chi connectivity index (χ2v) is 7.33. The van der Waals surface area contributed by atoms with Gasteiger partial charge in [-0.1, -0.05) is 6.92 Å². The van der Waals surface area contributed by atoms with Crippen LogP contribution in [0.4, 0.5) is 10.1 Å². The highest BCUT2D eigenvalue weighted by atomic mass is 32.1. The Kier molecular flexibility index (Phi) is 4.23. The van der Waals surface area contributed by atoms with Crippen LogP contribution in [0.15, 0.2) is 29.1 Å². The van der Waals surface area contributed by atoms with Crippen molar-refractivity contribution in [3.8, 4) is 10.8 Å². The number of carbonyl (C=O) groups excluding carboxylic acids is 1. The van der Waals surface area contributed by atoms with Gasteiger partial charge in [0.25, 0.3) is 11.8 Å². The number of hydrogen-bond acceptors (Lipinski definition) is 7. The minimum absolute atomic E-state index is 0.0496. The first kappa shape index (κ1) is 16.8. The Labute approximate surface area is 152 Å². The van der Waals surface area contributed by atoms with Crippen molar-refractivity contribution in [2.24, 2.45) is 5.92 Å². The molecule has 1 aliphatic rings. The number of pyridine rings is 1. The lowest BCUT2D eigenvalue weighted by Gasteiger charge is -2.31. The Morgan fingerprint density at radius 3 is 3.04 bits per heavy atom. The largest absolute Gasteiger partial charge is 0.417 e. The molecule has 26 heavy (non-hydrogen) atoms. The van der Waals surface area contributed by atoms with Gasteiger partial charge in [-0.15, -0.1) is 21.5 Å². The van der Waals surface area contributed by atoms with Crippen molar-refractivity contribution >= 4 is 22.9 Å². The van der Waals surface area contributed by atoms with Crippen molar-refractivity contribution in [3.63, 3.8) is 0 Å². The van der Waals surface area contributed by atoms with Gasteiger partial charge in [-0.05, 0) is 25.0 Å². The molecule has 1 amide bonds. The molecule has 0 saturated heterocycles. The second kappa shape index (κ2) is 6.56. The lowest BCUT2D eigenvalue weighted by atomic mass is 9.94. The topological polar surface area (TPSA) is 85.0 Å². The summed E-state index contributed by atoms with van der Waals surface area (Å²) in [5.74, 6) is 0.131. The molecule has 9 heteroatoms. The van der Waals surface area contributed by atoms with Gasteiger partial charge >= 0.3 is 0 Å². The van der Waals surface area contributed by atoms with Crippen LogP contribution in [0.25, 0.3) is 10.8 Å². The highest BCUT2D eigenvalue weighted by molar-refractivity contribution is 7.15. The number of aromatic nitrogens is 4. The molecule has 0 fully saturated rings. The van der Waals surface area contributed by atoms with Gasteiger partial charge in [0.2, 0.25) is 5.91 Å². The van der Waals surface area contributed by atoms with E-state index in [1.54, 1.807) is 23.5 Å². The summed E-state index contributed by atoms with van der Waals surface area (Å²) in [6.07, 6.45) is 4.44. The standard InChI is InChI=1S/C17H16FN5O2S/c1-9-5-11-3-4-19-6-12(11)23(17(9)24)8-14-20-7-13(26-14)16-22-21-15(25-16)10(2)18/h3-4,6-7,9-10H,5,8H2,1-2H3. The number of halogens is 1. The number of alkyl halides is 1. The number of fused-ring (bicyclic) bond motifs is 1. The number of nitrogens with zero attached hydrogens (tertiary/aromatic N) is 5. The van der Waals surface area contributed by atoms with Crippen LogP contribution in [0.2, 0.25) is 0 Å². The minimum Gasteiger partial charge on any atom is -0.417 e. The summed E-state index contributed by atoms with van der Waals surface area (Å²) in [4.78, 5) is 23.5. The van der Waals surface area contributed by atoms with Crippen LogP contribution in [0.1, 0.15) is 36.5 Å². The van der Waals surface area contributed by atoms with Crippen molar-refractivity contribution in [2.45, 2.75) is 33.0 Å². The van der Waals surface area contributed by atoms with E-state index in [9.17, 15) is 9.18 Å². The molecule has 0 spiro atoms. The van der Waals surface area contributed by atoms with Gasteiger partial charge in [-0.25, -0.2) is 9.37 Å². The number of thiazole rings is 1. The minimum atomic E-state index is -1.32. The maximum Gasteiger partial charge on any atom is 0.259 e. The molecule has 0 N–H and O–H groups in total. The quantitative estimate of drug-likeness (QED) is 0.697. The third-order valence-corrected chi connectivity index (χ3v) is 5.20. The lowest BCUT2D eigenvalue weighted by Crippen LogP contribution is -2.39. The molecule has 2 atom stereocenters. The summed E-state index contributed by atoms with van der Waals surface area (Å²) >= 11 is 1.34. The molecule has 0 radical (unpaired) electrons. The fourth-order valence-electron chi connectivity index (χ4n) is 2.91. The molecule has 0 aliphatic carbocycles. The van der Waals surface area contributed by atoms with Gasteiger partial charge in [-0.2, -0.15) is 0 Å². The number of anilines is 1. The Balaban J connectivity index is 1.60. The van der Waals surface area contributed by atoms with Crippen LogP contribution in [-0.2, 0) is 17.8 Å². The molecule has 3 aromatic heterocycles. The fraction of sp³-hybridized carbons (Fsp3) is 0.353. The molecule has 4 heterocycles. The van der Waals surface area contributed by atoms with E-state index in [1.165, 1.54) is 18.3 Å². The van der Waals surface area contributed by atoms with Crippen molar-refractivity contribution in [2.75, 3.05) is 4.90 Å². The van der Waals surface area contributed by atoms with Gasteiger partial charge in [0.05, 0.1) is 24.6 Å². The first-order chi connectivity index (χ1) is 12.5. The van der Waals surface area contributed by atoms with E-state index < -0.39 is 6.17 Å². The first-order valence-electron chi connectivity index (χ1n) is 8.19. The first-order valence-corrected chi connectivity index (χ1v) is 9.01. The van der Waals surface area contributed by atoms with E-state index in [0.29, 0.717) is 17.8 Å². The molecule has 1 aliphatic heterocycles. The zero-order chi connectivity index (χ0) is 18.3. The van der Waals surface area contributed by atoms with Gasteiger partial charge < -0.3 is 9.32 Å². The molecule has 4 rings (SSSR count). The number of carbonyl (C=O) groups is 1. The van der Waals surface area contributed by atoms with Crippen molar-refractivity contribution in [1.82, 2.24) is 20.2 Å². The van der Waals surface area contributed by atoms with Crippen LogP contribution in [-0.4, -0.2) is 26.1 Å². The van der Waals surface area contributed by atoms with Crippen LogP contribution in [0, 0.1) is 5.92 Å². The summed E-state index contributed by atoms with van der Waals surface area (Å²) < 4.78 is 18.6. The SMILES string of the molecule is CC1Cc2ccncc2N(Cc2ncc(-c3nnc(C(C)F)o3)s2)C1=O. The number of hydrogen-bond donors (Lipinski definition) is 0. The molecule has 0 bridgehead atoms.